The van der Waals surface area contributed by atoms with E-state index < -0.39 is 5.54 Å². The van der Waals surface area contributed by atoms with E-state index in [1.165, 1.54) is 16.2 Å². The summed E-state index contributed by atoms with van der Waals surface area (Å²) in [5.74, 6) is -0.0919. The van der Waals surface area contributed by atoms with Crippen molar-refractivity contribution in [2.45, 2.75) is 25.8 Å². The number of pyridine rings is 1. The number of halogens is 1. The van der Waals surface area contributed by atoms with Gasteiger partial charge < -0.3 is 10.6 Å². The van der Waals surface area contributed by atoms with Crippen LogP contribution in [-0.2, 0) is 4.79 Å². The van der Waals surface area contributed by atoms with Gasteiger partial charge in [0.05, 0.1) is 0 Å². The van der Waals surface area contributed by atoms with Gasteiger partial charge in [-0.1, -0.05) is 22.9 Å². The molecule has 2 aromatic heterocycles. The van der Waals surface area contributed by atoms with Gasteiger partial charge in [-0.2, -0.15) is 0 Å². The van der Waals surface area contributed by atoms with Crippen LogP contribution in [0.3, 0.4) is 0 Å². The van der Waals surface area contributed by atoms with Crippen LogP contribution in [0.1, 0.15) is 20.3 Å². The minimum Gasteiger partial charge on any atom is -0.325 e. The van der Waals surface area contributed by atoms with Gasteiger partial charge in [-0.15, -0.1) is 0 Å². The lowest BCUT2D eigenvalue weighted by molar-refractivity contribution is -0.119. The molecule has 7 heteroatoms. The van der Waals surface area contributed by atoms with Crippen LogP contribution >= 0.6 is 22.9 Å². The number of nitrogens with two attached hydrogens (primary N) is 1. The molecule has 2 aromatic rings. The Morgan fingerprint density at radius 1 is 1.52 bits per heavy atom. The Kier molecular flexibility index (Phi) is 4.61. The van der Waals surface area contributed by atoms with Crippen LogP contribution in [0.5, 0.6) is 0 Å². The van der Waals surface area contributed by atoms with Crippen LogP contribution in [0.15, 0.2) is 24.5 Å². The van der Waals surface area contributed by atoms with Crippen molar-refractivity contribution in [1.29, 1.82) is 0 Å². The lowest BCUT2D eigenvalue weighted by atomic mass is 10.0. The van der Waals surface area contributed by atoms with E-state index in [0.29, 0.717) is 10.2 Å². The molecule has 1 amide bonds. The summed E-state index contributed by atoms with van der Waals surface area (Å²) in [5.41, 5.74) is 6.20. The van der Waals surface area contributed by atoms with Crippen molar-refractivity contribution in [3.63, 3.8) is 0 Å². The van der Waals surface area contributed by atoms with Crippen LogP contribution in [0.4, 0.5) is 5.00 Å². The Morgan fingerprint density at radius 3 is 2.81 bits per heavy atom. The van der Waals surface area contributed by atoms with Gasteiger partial charge in [0.25, 0.3) is 0 Å². The van der Waals surface area contributed by atoms with Crippen LogP contribution in [0, 0.1) is 0 Å². The summed E-state index contributed by atoms with van der Waals surface area (Å²) >= 11 is 7.52. The highest BCUT2D eigenvalue weighted by atomic mass is 35.5. The van der Waals surface area contributed by atoms with Crippen molar-refractivity contribution in [2.75, 3.05) is 11.9 Å². The molecule has 2 rings (SSSR count). The quantitative estimate of drug-likeness (QED) is 0.938. The molecule has 0 unspecified atom stereocenters. The zero-order valence-corrected chi connectivity index (χ0v) is 13.7. The second kappa shape index (κ2) is 6.09. The molecule has 0 bridgehead atoms. The van der Waals surface area contributed by atoms with Gasteiger partial charge >= 0.3 is 0 Å². The first-order valence-corrected chi connectivity index (χ1v) is 7.59. The summed E-state index contributed by atoms with van der Waals surface area (Å²) in [6.07, 6.45) is 3.64. The number of hydrogen-bond acceptors (Lipinski definition) is 5. The fourth-order valence-corrected chi connectivity index (χ4v) is 3.04. The van der Waals surface area contributed by atoms with Crippen molar-refractivity contribution >= 4 is 33.8 Å². The predicted octanol–water partition coefficient (Wildman–Crippen LogP) is 2.95. The van der Waals surface area contributed by atoms with Crippen molar-refractivity contribution < 1.29 is 4.79 Å². The molecule has 0 aromatic carbocycles. The van der Waals surface area contributed by atoms with Crippen molar-refractivity contribution in [2.24, 2.45) is 5.73 Å². The first-order chi connectivity index (χ1) is 9.78. The second-order valence-electron chi connectivity index (χ2n) is 5.47. The van der Waals surface area contributed by atoms with E-state index in [0.717, 1.165) is 10.6 Å². The standard InChI is InChI=1S/C14H17ClN4OS/c1-14(2,16)7-10(20)19(3)13-11(15)18-12(21-13)9-5-4-6-17-8-9/h4-6,8H,7,16H2,1-3H3. The molecule has 0 aliphatic heterocycles. The molecule has 2 N–H and O–H groups in total. The number of nitrogens with zero attached hydrogens (tertiary/aromatic N) is 3. The normalized spacial score (nSPS) is 11.5. The number of hydrogen-bond donors (Lipinski definition) is 1. The first-order valence-electron chi connectivity index (χ1n) is 6.40. The summed E-state index contributed by atoms with van der Waals surface area (Å²) in [6, 6.07) is 3.73. The summed E-state index contributed by atoms with van der Waals surface area (Å²) in [6.45, 7) is 3.63. The van der Waals surface area contributed by atoms with E-state index in [4.69, 9.17) is 17.3 Å². The number of aromatic nitrogens is 2. The molecule has 0 saturated heterocycles. The molecule has 0 spiro atoms. The number of amides is 1. The molecule has 0 aliphatic rings. The maximum Gasteiger partial charge on any atom is 0.229 e. The van der Waals surface area contributed by atoms with Gasteiger partial charge in [0, 0.05) is 37.0 Å². The minimum absolute atomic E-state index is 0.0919. The largest absolute Gasteiger partial charge is 0.325 e. The van der Waals surface area contributed by atoms with E-state index >= 15 is 0 Å². The van der Waals surface area contributed by atoms with Gasteiger partial charge in [0.1, 0.15) is 10.0 Å². The number of carbonyl (C=O) groups excluding carboxylic acids is 1. The molecule has 0 saturated carbocycles. The Balaban J connectivity index is 2.25. The Bertz CT molecular complexity index is 636. The van der Waals surface area contributed by atoms with Crippen LogP contribution < -0.4 is 10.6 Å². The zero-order chi connectivity index (χ0) is 15.6. The molecule has 0 aliphatic carbocycles. The molecule has 0 radical (unpaired) electrons. The maximum absolute atomic E-state index is 12.2. The Hall–Kier alpha value is -1.50. The van der Waals surface area contributed by atoms with Gasteiger partial charge in [-0.3, -0.25) is 9.78 Å². The molecular formula is C14H17ClN4OS. The molecule has 2 heterocycles. The highest BCUT2D eigenvalue weighted by Crippen LogP contribution is 2.37. The predicted molar refractivity (Wildman–Crippen MR) is 86.6 cm³/mol. The summed E-state index contributed by atoms with van der Waals surface area (Å²) in [4.78, 5) is 22.1. The van der Waals surface area contributed by atoms with Crippen molar-refractivity contribution in [3.8, 4) is 10.6 Å². The number of thiazole rings is 1. The van der Waals surface area contributed by atoms with Crippen LogP contribution in [-0.4, -0.2) is 28.5 Å². The van der Waals surface area contributed by atoms with E-state index in [2.05, 4.69) is 9.97 Å². The van der Waals surface area contributed by atoms with E-state index in [1.54, 1.807) is 19.4 Å². The number of carbonyl (C=O) groups is 1. The van der Waals surface area contributed by atoms with Gasteiger partial charge in [0.2, 0.25) is 5.91 Å². The third kappa shape index (κ3) is 4.00. The molecule has 0 atom stereocenters. The third-order valence-electron chi connectivity index (χ3n) is 2.76. The number of anilines is 1. The molecular weight excluding hydrogens is 308 g/mol. The van der Waals surface area contributed by atoms with Gasteiger partial charge in [-0.05, 0) is 26.0 Å². The Morgan fingerprint density at radius 2 is 2.24 bits per heavy atom. The molecule has 112 valence electrons. The zero-order valence-electron chi connectivity index (χ0n) is 12.1. The highest BCUT2D eigenvalue weighted by molar-refractivity contribution is 7.19. The topological polar surface area (TPSA) is 72.1 Å². The Labute approximate surface area is 132 Å². The van der Waals surface area contributed by atoms with E-state index in [9.17, 15) is 4.79 Å². The van der Waals surface area contributed by atoms with Gasteiger partial charge in [-0.25, -0.2) is 4.98 Å². The van der Waals surface area contributed by atoms with Crippen LogP contribution in [0.2, 0.25) is 5.15 Å². The summed E-state index contributed by atoms with van der Waals surface area (Å²) < 4.78 is 0. The molecule has 0 fully saturated rings. The van der Waals surface area contributed by atoms with E-state index in [1.807, 2.05) is 26.0 Å². The fourth-order valence-electron chi connectivity index (χ4n) is 1.73. The lowest BCUT2D eigenvalue weighted by Gasteiger charge is -2.22. The molecule has 5 nitrogen and oxygen atoms in total. The molecule has 21 heavy (non-hydrogen) atoms. The SMILES string of the molecule is CN(C(=O)CC(C)(C)N)c1sc(-c2cccnc2)nc1Cl. The van der Waals surface area contributed by atoms with E-state index in [-0.39, 0.29) is 12.3 Å². The fraction of sp³-hybridized carbons (Fsp3) is 0.357. The first kappa shape index (κ1) is 15.9. The number of rotatable bonds is 4. The summed E-state index contributed by atoms with van der Waals surface area (Å²) in [5, 5.41) is 1.66. The average Bonchev–Trinajstić information content (AvgIpc) is 2.79. The van der Waals surface area contributed by atoms with Crippen molar-refractivity contribution in [1.82, 2.24) is 9.97 Å². The lowest BCUT2D eigenvalue weighted by Crippen LogP contribution is -2.39. The monoisotopic (exact) mass is 324 g/mol. The third-order valence-corrected chi connectivity index (χ3v) is 4.32. The van der Waals surface area contributed by atoms with Gasteiger partial charge in [0.15, 0.2) is 5.15 Å². The highest BCUT2D eigenvalue weighted by Gasteiger charge is 2.24. The minimum atomic E-state index is -0.561. The maximum atomic E-state index is 12.2. The second-order valence-corrected chi connectivity index (χ2v) is 6.81. The average molecular weight is 325 g/mol. The smallest absolute Gasteiger partial charge is 0.229 e. The van der Waals surface area contributed by atoms with Crippen LogP contribution in [0.25, 0.3) is 10.6 Å². The summed E-state index contributed by atoms with van der Waals surface area (Å²) in [7, 11) is 1.68. The van der Waals surface area contributed by atoms with Crippen molar-refractivity contribution in [3.05, 3.63) is 29.7 Å².